The van der Waals surface area contributed by atoms with E-state index in [0.29, 0.717) is 17.1 Å². The van der Waals surface area contributed by atoms with Gasteiger partial charge in [-0.2, -0.15) is 0 Å². The molecule has 0 fully saturated rings. The Labute approximate surface area is 136 Å². The van der Waals surface area contributed by atoms with Crippen LogP contribution < -0.4 is 5.32 Å². The maximum Gasteiger partial charge on any atom is 0.224 e. The van der Waals surface area contributed by atoms with E-state index in [1.54, 1.807) is 18.3 Å². The summed E-state index contributed by atoms with van der Waals surface area (Å²) in [5.41, 5.74) is 1.14. The summed E-state index contributed by atoms with van der Waals surface area (Å²) in [6, 6.07) is 9.09. The molecule has 1 aromatic carbocycles. The lowest BCUT2D eigenvalue weighted by Crippen LogP contribution is -2.07. The van der Waals surface area contributed by atoms with Crippen molar-refractivity contribution in [2.45, 2.75) is 6.54 Å². The first-order valence-corrected chi connectivity index (χ1v) is 7.13. The number of hydrogen-bond donors (Lipinski definition) is 1. The van der Waals surface area contributed by atoms with Gasteiger partial charge in [-0.25, -0.2) is 18.7 Å². The van der Waals surface area contributed by atoms with Crippen LogP contribution in [-0.2, 0) is 6.54 Å². The van der Waals surface area contributed by atoms with Crippen LogP contribution in [0, 0.1) is 11.6 Å². The minimum absolute atomic E-state index is 0.0289. The predicted molar refractivity (Wildman–Crippen MR) is 84.0 cm³/mol. The number of anilines is 1. The van der Waals surface area contributed by atoms with Crippen molar-refractivity contribution in [3.8, 4) is 11.3 Å². The van der Waals surface area contributed by atoms with Gasteiger partial charge in [0, 0.05) is 24.5 Å². The quantitative estimate of drug-likeness (QED) is 0.731. The highest BCUT2D eigenvalue weighted by Gasteiger charge is 2.12. The van der Waals surface area contributed by atoms with E-state index in [1.807, 2.05) is 6.07 Å². The molecule has 116 valence electrons. The third-order valence-electron chi connectivity index (χ3n) is 3.19. The smallest absolute Gasteiger partial charge is 0.224 e. The van der Waals surface area contributed by atoms with Crippen LogP contribution in [0.25, 0.3) is 11.3 Å². The molecule has 0 aliphatic carbocycles. The zero-order valence-electron chi connectivity index (χ0n) is 11.8. The number of nitrogens with zero attached hydrogens (tertiary/aromatic N) is 3. The van der Waals surface area contributed by atoms with E-state index >= 15 is 0 Å². The number of nitrogens with one attached hydrogen (secondary N) is 1. The molecule has 7 heteroatoms. The number of benzene rings is 1. The van der Waals surface area contributed by atoms with Gasteiger partial charge >= 0.3 is 0 Å². The Morgan fingerprint density at radius 3 is 2.48 bits per heavy atom. The first-order valence-electron chi connectivity index (χ1n) is 6.76. The summed E-state index contributed by atoms with van der Waals surface area (Å²) in [6.07, 6.45) is 3.14. The zero-order chi connectivity index (χ0) is 16.2. The fourth-order valence-electron chi connectivity index (χ4n) is 2.08. The topological polar surface area (TPSA) is 50.7 Å². The van der Waals surface area contributed by atoms with Crippen LogP contribution in [0.2, 0.25) is 5.28 Å². The van der Waals surface area contributed by atoms with E-state index in [9.17, 15) is 8.78 Å². The first-order chi connectivity index (χ1) is 11.1. The molecule has 4 nitrogen and oxygen atoms in total. The molecule has 0 amide bonds. The third kappa shape index (κ3) is 3.43. The van der Waals surface area contributed by atoms with Gasteiger partial charge in [-0.3, -0.25) is 4.98 Å². The summed E-state index contributed by atoms with van der Waals surface area (Å²) in [7, 11) is 0. The molecular weight excluding hydrogens is 322 g/mol. The van der Waals surface area contributed by atoms with Crippen molar-refractivity contribution in [1.29, 1.82) is 0 Å². The zero-order valence-corrected chi connectivity index (χ0v) is 12.6. The molecule has 1 N–H and O–H groups in total. The summed E-state index contributed by atoms with van der Waals surface area (Å²) in [6.45, 7) is -0.0777. The van der Waals surface area contributed by atoms with Crippen molar-refractivity contribution < 1.29 is 8.78 Å². The van der Waals surface area contributed by atoms with Crippen LogP contribution in [0.1, 0.15) is 5.56 Å². The molecule has 0 spiro atoms. The van der Waals surface area contributed by atoms with Gasteiger partial charge in [0.1, 0.15) is 17.5 Å². The van der Waals surface area contributed by atoms with Gasteiger partial charge in [0.15, 0.2) is 0 Å². The monoisotopic (exact) mass is 332 g/mol. The Morgan fingerprint density at radius 1 is 1.00 bits per heavy atom. The van der Waals surface area contributed by atoms with Crippen LogP contribution >= 0.6 is 11.6 Å². The Hall–Kier alpha value is -2.60. The van der Waals surface area contributed by atoms with Gasteiger partial charge < -0.3 is 5.32 Å². The van der Waals surface area contributed by atoms with Gasteiger partial charge in [0.25, 0.3) is 0 Å². The van der Waals surface area contributed by atoms with Crippen LogP contribution in [0.5, 0.6) is 0 Å². The van der Waals surface area contributed by atoms with E-state index in [4.69, 9.17) is 11.6 Å². The highest BCUT2D eigenvalue weighted by atomic mass is 35.5. The second-order valence-corrected chi connectivity index (χ2v) is 5.01. The predicted octanol–water partition coefficient (Wildman–Crippen LogP) is 4.08. The van der Waals surface area contributed by atoms with Gasteiger partial charge in [-0.1, -0.05) is 12.1 Å². The van der Waals surface area contributed by atoms with Gasteiger partial charge in [0.05, 0.1) is 11.3 Å². The van der Waals surface area contributed by atoms with Crippen molar-refractivity contribution in [2.24, 2.45) is 0 Å². The van der Waals surface area contributed by atoms with Crippen molar-refractivity contribution >= 4 is 17.4 Å². The van der Waals surface area contributed by atoms with E-state index in [-0.39, 0.29) is 17.4 Å². The normalized spacial score (nSPS) is 10.6. The second-order valence-electron chi connectivity index (χ2n) is 4.67. The van der Waals surface area contributed by atoms with Gasteiger partial charge in [-0.05, 0) is 35.9 Å². The highest BCUT2D eigenvalue weighted by Crippen LogP contribution is 2.25. The molecule has 3 rings (SSSR count). The standard InChI is InChI=1S/C16H11ClF2N4/c17-16-22-9-11(14-6-1-2-7-20-14)15(23-16)21-8-10-12(18)4-3-5-13(10)19/h1-7,9H,8H2,(H,21,22,23). The number of pyridine rings is 1. The number of aromatic nitrogens is 3. The lowest BCUT2D eigenvalue weighted by atomic mass is 10.1. The Morgan fingerprint density at radius 2 is 1.78 bits per heavy atom. The molecule has 3 aromatic rings. The van der Waals surface area contributed by atoms with E-state index in [0.717, 1.165) is 0 Å². The maximum absolute atomic E-state index is 13.7. The number of rotatable bonds is 4. The Kier molecular flexibility index (Phi) is 4.43. The molecular formula is C16H11ClF2N4. The summed E-state index contributed by atoms with van der Waals surface area (Å²) in [4.78, 5) is 12.2. The summed E-state index contributed by atoms with van der Waals surface area (Å²) in [5.74, 6) is -0.902. The van der Waals surface area contributed by atoms with Crippen LogP contribution in [0.4, 0.5) is 14.6 Å². The van der Waals surface area contributed by atoms with Crippen LogP contribution in [-0.4, -0.2) is 15.0 Å². The van der Waals surface area contributed by atoms with Crippen molar-refractivity contribution in [2.75, 3.05) is 5.32 Å². The fourth-order valence-corrected chi connectivity index (χ4v) is 2.21. The SMILES string of the molecule is Fc1cccc(F)c1CNc1nc(Cl)ncc1-c1ccccn1. The molecule has 2 heterocycles. The third-order valence-corrected chi connectivity index (χ3v) is 3.38. The van der Waals surface area contributed by atoms with E-state index < -0.39 is 11.6 Å². The van der Waals surface area contributed by atoms with Gasteiger partial charge in [-0.15, -0.1) is 0 Å². The molecule has 0 aliphatic heterocycles. The fraction of sp³-hybridized carbons (Fsp3) is 0.0625. The average molecular weight is 333 g/mol. The molecule has 0 saturated heterocycles. The molecule has 0 saturated carbocycles. The molecule has 2 aromatic heterocycles. The molecule has 23 heavy (non-hydrogen) atoms. The van der Waals surface area contributed by atoms with Crippen molar-refractivity contribution in [3.63, 3.8) is 0 Å². The minimum Gasteiger partial charge on any atom is -0.365 e. The van der Waals surface area contributed by atoms with Crippen molar-refractivity contribution in [1.82, 2.24) is 15.0 Å². The summed E-state index contributed by atoms with van der Waals surface area (Å²) < 4.78 is 27.4. The Bertz CT molecular complexity index is 807. The lowest BCUT2D eigenvalue weighted by Gasteiger charge is -2.11. The second kappa shape index (κ2) is 6.66. The number of halogens is 3. The van der Waals surface area contributed by atoms with Crippen molar-refractivity contribution in [3.05, 3.63) is 71.3 Å². The maximum atomic E-state index is 13.7. The molecule has 0 atom stereocenters. The minimum atomic E-state index is -0.628. The molecule has 0 bridgehead atoms. The lowest BCUT2D eigenvalue weighted by molar-refractivity contribution is 0.560. The molecule has 0 radical (unpaired) electrons. The highest BCUT2D eigenvalue weighted by molar-refractivity contribution is 6.28. The van der Waals surface area contributed by atoms with Crippen LogP contribution in [0.3, 0.4) is 0 Å². The van der Waals surface area contributed by atoms with E-state index in [1.165, 1.54) is 24.4 Å². The van der Waals surface area contributed by atoms with E-state index in [2.05, 4.69) is 20.3 Å². The first kappa shape index (κ1) is 15.3. The molecule has 0 unspecified atom stereocenters. The van der Waals surface area contributed by atoms with Gasteiger partial charge in [0.2, 0.25) is 5.28 Å². The summed E-state index contributed by atoms with van der Waals surface area (Å²) in [5, 5.41) is 2.92. The Balaban J connectivity index is 1.92. The van der Waals surface area contributed by atoms with Crippen LogP contribution in [0.15, 0.2) is 48.8 Å². The average Bonchev–Trinajstić information content (AvgIpc) is 2.55. The summed E-state index contributed by atoms with van der Waals surface area (Å²) >= 11 is 5.82. The largest absolute Gasteiger partial charge is 0.365 e. The molecule has 0 aliphatic rings. The number of hydrogen-bond acceptors (Lipinski definition) is 4.